The van der Waals surface area contributed by atoms with Crippen LogP contribution in [0.2, 0.25) is 0 Å². The molecule has 0 fully saturated rings. The number of unbranched alkanes of at least 4 members (excludes halogenated alkanes) is 3. The quantitative estimate of drug-likeness (QED) is 0.0765. The van der Waals surface area contributed by atoms with Crippen molar-refractivity contribution >= 4 is 29.6 Å². The lowest BCUT2D eigenvalue weighted by Crippen LogP contribution is -2.44. The number of allylic oxidation sites excluding steroid dienone is 3. The van der Waals surface area contributed by atoms with Crippen molar-refractivity contribution in [2.45, 2.75) is 88.2 Å². The second kappa shape index (κ2) is 21.2. The maximum absolute atomic E-state index is 11.9. The molecule has 0 bridgehead atoms. The summed E-state index contributed by atoms with van der Waals surface area (Å²) < 4.78 is 0. The van der Waals surface area contributed by atoms with Crippen LogP contribution in [0.15, 0.2) is 36.5 Å². The van der Waals surface area contributed by atoms with Gasteiger partial charge in [0.25, 0.3) is 0 Å². The lowest BCUT2D eigenvalue weighted by molar-refractivity contribution is -0.138. The number of hydrogen-bond acceptors (Lipinski definition) is 7. The molecule has 0 aliphatic heterocycles. The van der Waals surface area contributed by atoms with Crippen molar-refractivity contribution in [3.8, 4) is 0 Å². The average Bonchev–Trinajstić information content (AvgIpc) is 2.80. The second-order valence-electron chi connectivity index (χ2n) is 8.27. The smallest absolute Gasteiger partial charge is 0.322 e. The van der Waals surface area contributed by atoms with Crippen LogP contribution in [0.4, 0.5) is 0 Å². The first-order chi connectivity index (χ1) is 16.7. The molecule has 0 aromatic heterocycles. The first-order valence-corrected chi connectivity index (χ1v) is 13.1. The van der Waals surface area contributed by atoms with E-state index in [-0.39, 0.29) is 18.6 Å². The minimum absolute atomic E-state index is 0.0554. The molecule has 0 heterocycles. The van der Waals surface area contributed by atoms with Gasteiger partial charge >= 0.3 is 11.9 Å². The van der Waals surface area contributed by atoms with Gasteiger partial charge in [0.1, 0.15) is 6.54 Å². The highest BCUT2D eigenvalue weighted by molar-refractivity contribution is 8.00. The average molecular weight is 515 g/mol. The van der Waals surface area contributed by atoms with Gasteiger partial charge in [-0.05, 0) is 38.5 Å². The Morgan fingerprint density at radius 3 is 2.34 bits per heavy atom. The zero-order valence-corrected chi connectivity index (χ0v) is 21.4. The Balaban J connectivity index is 4.72. The third kappa shape index (κ3) is 19.8. The molecule has 0 aromatic rings. The van der Waals surface area contributed by atoms with E-state index in [1.54, 1.807) is 18.2 Å². The molecule has 0 aliphatic carbocycles. The maximum atomic E-state index is 11.9. The molecule has 4 atom stereocenters. The van der Waals surface area contributed by atoms with Crippen LogP contribution in [0.5, 0.6) is 0 Å². The number of nitrogens with one attached hydrogen (secondary N) is 1. The highest BCUT2D eigenvalue weighted by atomic mass is 32.2. The highest BCUT2D eigenvalue weighted by Gasteiger charge is 2.21. The van der Waals surface area contributed by atoms with E-state index in [4.69, 9.17) is 15.9 Å². The summed E-state index contributed by atoms with van der Waals surface area (Å²) in [5.41, 5.74) is 5.82. The lowest BCUT2D eigenvalue weighted by Gasteiger charge is -2.21. The van der Waals surface area contributed by atoms with Crippen molar-refractivity contribution in [1.29, 1.82) is 0 Å². The zero-order chi connectivity index (χ0) is 26.5. The van der Waals surface area contributed by atoms with Gasteiger partial charge in [-0.2, -0.15) is 0 Å². The number of carboxylic acids is 2. The Morgan fingerprint density at radius 1 is 0.971 bits per heavy atom. The number of aliphatic hydroxyl groups excluding tert-OH is 2. The van der Waals surface area contributed by atoms with E-state index < -0.39 is 47.9 Å². The Morgan fingerprint density at radius 2 is 1.69 bits per heavy atom. The van der Waals surface area contributed by atoms with Crippen LogP contribution >= 0.6 is 11.8 Å². The summed E-state index contributed by atoms with van der Waals surface area (Å²) in [6, 6.07) is -0.956. The summed E-state index contributed by atoms with van der Waals surface area (Å²) in [4.78, 5) is 33.2. The van der Waals surface area contributed by atoms with Crippen LogP contribution in [0, 0.1) is 0 Å². The standard InChI is InChI=1S/C25H42N2O7S/c1-2-3-4-5-6-8-12-19(28)13-9-7-10-15-22(21(29)14-11-16-23(30)31)35-18-20(26)25(34)27-17-24(32)33/h6-10,15,19-22,28-29H,2-5,11-14,16-18,26H2,1H3,(H,27,34)(H,30,31)(H,32,33)/b8-6-,9-7+,15-10+/t19?,20?,21-,22?/m0/s1. The maximum Gasteiger partial charge on any atom is 0.322 e. The molecular weight excluding hydrogens is 472 g/mol. The van der Waals surface area contributed by atoms with Crippen molar-refractivity contribution in [2.75, 3.05) is 12.3 Å². The third-order valence-electron chi connectivity index (χ3n) is 4.99. The van der Waals surface area contributed by atoms with Crippen LogP contribution < -0.4 is 11.1 Å². The monoisotopic (exact) mass is 514 g/mol. The van der Waals surface area contributed by atoms with Gasteiger partial charge in [0.15, 0.2) is 0 Å². The molecule has 0 aromatic carbocycles. The van der Waals surface area contributed by atoms with Crippen molar-refractivity contribution in [3.05, 3.63) is 36.5 Å². The molecule has 3 unspecified atom stereocenters. The van der Waals surface area contributed by atoms with E-state index in [9.17, 15) is 24.6 Å². The number of aliphatic hydroxyl groups is 2. The number of thioether (sulfide) groups is 1. The molecule has 0 saturated heterocycles. The number of carbonyl (C=O) groups excluding carboxylic acids is 1. The SMILES string of the molecule is CCCCC/C=C\CC(O)C/C=C/C=C/C(SCC(N)C(=O)NCC(=O)O)[C@@H](O)CCCC(=O)O. The second-order valence-corrected chi connectivity index (χ2v) is 9.49. The Kier molecular flexibility index (Phi) is 19.9. The van der Waals surface area contributed by atoms with Crippen molar-refractivity contribution in [1.82, 2.24) is 5.32 Å². The number of amides is 1. The molecule has 10 heteroatoms. The summed E-state index contributed by atoms with van der Waals surface area (Å²) in [5, 5.41) is 39.8. The fourth-order valence-corrected chi connectivity index (χ4v) is 4.11. The number of rotatable bonds is 21. The van der Waals surface area contributed by atoms with Gasteiger partial charge in [-0.1, -0.05) is 56.2 Å². The van der Waals surface area contributed by atoms with Crippen molar-refractivity contribution in [3.63, 3.8) is 0 Å². The Labute approximate surface area is 212 Å². The summed E-state index contributed by atoms with van der Waals surface area (Å²) >= 11 is 1.23. The first-order valence-electron chi connectivity index (χ1n) is 12.1. The predicted octanol–water partition coefficient (Wildman–Crippen LogP) is 2.62. The molecular formula is C25H42N2O7S. The van der Waals surface area contributed by atoms with Crippen LogP contribution in [0.1, 0.15) is 64.7 Å². The van der Waals surface area contributed by atoms with Crippen LogP contribution in [-0.4, -0.2) is 74.1 Å². The summed E-state index contributed by atoms with van der Waals surface area (Å²) in [6.07, 6.45) is 16.0. The van der Waals surface area contributed by atoms with Crippen LogP contribution in [0.25, 0.3) is 0 Å². The minimum atomic E-state index is -1.17. The summed E-state index contributed by atoms with van der Waals surface area (Å²) in [7, 11) is 0. The van der Waals surface area contributed by atoms with Crippen molar-refractivity contribution < 1.29 is 34.8 Å². The van der Waals surface area contributed by atoms with E-state index in [2.05, 4.69) is 18.3 Å². The molecule has 0 aliphatic rings. The third-order valence-corrected chi connectivity index (χ3v) is 6.40. The Bertz CT molecular complexity index is 697. The van der Waals surface area contributed by atoms with E-state index in [1.165, 1.54) is 24.6 Å². The van der Waals surface area contributed by atoms with E-state index in [0.29, 0.717) is 19.3 Å². The fourth-order valence-electron chi connectivity index (χ4n) is 2.97. The Hall–Kier alpha value is -2.14. The molecule has 0 radical (unpaired) electrons. The molecule has 0 rings (SSSR count). The topological polar surface area (TPSA) is 170 Å². The van der Waals surface area contributed by atoms with Crippen LogP contribution in [-0.2, 0) is 14.4 Å². The number of hydrogen-bond donors (Lipinski definition) is 6. The van der Waals surface area contributed by atoms with E-state index in [1.807, 2.05) is 12.2 Å². The van der Waals surface area contributed by atoms with Gasteiger partial charge < -0.3 is 31.5 Å². The lowest BCUT2D eigenvalue weighted by atomic mass is 10.1. The normalized spacial score (nSPS) is 15.4. The van der Waals surface area contributed by atoms with Crippen LogP contribution in [0.3, 0.4) is 0 Å². The van der Waals surface area contributed by atoms with Gasteiger partial charge in [0.2, 0.25) is 5.91 Å². The van der Waals surface area contributed by atoms with Gasteiger partial charge in [-0.25, -0.2) is 0 Å². The van der Waals surface area contributed by atoms with E-state index in [0.717, 1.165) is 12.8 Å². The number of aliphatic carboxylic acids is 2. The fraction of sp³-hybridized carbons (Fsp3) is 0.640. The molecule has 200 valence electrons. The van der Waals surface area contributed by atoms with Gasteiger partial charge in [-0.15, -0.1) is 11.8 Å². The van der Waals surface area contributed by atoms with Crippen molar-refractivity contribution in [2.24, 2.45) is 5.73 Å². The zero-order valence-electron chi connectivity index (χ0n) is 20.6. The molecule has 1 amide bonds. The minimum Gasteiger partial charge on any atom is -0.481 e. The molecule has 0 saturated carbocycles. The molecule has 0 spiro atoms. The number of carbonyl (C=O) groups is 3. The van der Waals surface area contributed by atoms with Gasteiger partial charge in [-0.3, -0.25) is 14.4 Å². The highest BCUT2D eigenvalue weighted by Crippen LogP contribution is 2.21. The predicted molar refractivity (Wildman–Crippen MR) is 139 cm³/mol. The first kappa shape index (κ1) is 32.9. The summed E-state index contributed by atoms with van der Waals surface area (Å²) in [5.74, 6) is -2.57. The molecule has 35 heavy (non-hydrogen) atoms. The van der Waals surface area contributed by atoms with Gasteiger partial charge in [0, 0.05) is 17.4 Å². The number of nitrogens with two attached hydrogens (primary N) is 1. The largest absolute Gasteiger partial charge is 0.481 e. The number of carboxylic acid groups (broad SMARTS) is 2. The molecule has 9 nitrogen and oxygen atoms in total. The van der Waals surface area contributed by atoms with Gasteiger partial charge in [0.05, 0.1) is 18.2 Å². The van der Waals surface area contributed by atoms with E-state index >= 15 is 0 Å². The summed E-state index contributed by atoms with van der Waals surface area (Å²) in [6.45, 7) is 1.64. The molecule has 7 N–H and O–H groups in total.